The third-order valence-corrected chi connectivity index (χ3v) is 4.31. The van der Waals surface area contributed by atoms with Gasteiger partial charge in [0, 0.05) is 12.1 Å². The van der Waals surface area contributed by atoms with E-state index in [4.69, 9.17) is 5.73 Å². The molecule has 0 aliphatic heterocycles. The summed E-state index contributed by atoms with van der Waals surface area (Å²) in [6.45, 7) is 4.81. The minimum absolute atomic E-state index is 0.00000283. The summed E-state index contributed by atoms with van der Waals surface area (Å²) in [6, 6.07) is 7.68. The van der Waals surface area contributed by atoms with Crippen molar-refractivity contribution in [1.29, 1.82) is 0 Å². The van der Waals surface area contributed by atoms with E-state index in [2.05, 4.69) is 12.2 Å². The third-order valence-electron chi connectivity index (χ3n) is 4.31. The number of carbonyl (C=O) groups excluding carboxylic acids is 1. The number of nitrogens with one attached hydrogen (secondary N) is 1. The Hall–Kier alpha value is -1.35. The standard InChI is InChI=1S/C16H24N2O/c1-12-3-5-14(6-4-12)15(19)18-16(11-17)9-7-13(2)8-10-16/h3-6,13H,7-11,17H2,1-2H3,(H,18,19). The molecule has 0 spiro atoms. The fourth-order valence-electron chi connectivity index (χ4n) is 2.71. The first kappa shape index (κ1) is 14.1. The van der Waals surface area contributed by atoms with Crippen LogP contribution in [-0.2, 0) is 0 Å². The molecule has 0 heterocycles. The number of aryl methyl sites for hydroxylation is 1. The lowest BCUT2D eigenvalue weighted by Gasteiger charge is -2.39. The molecule has 0 saturated heterocycles. The van der Waals surface area contributed by atoms with Crippen molar-refractivity contribution >= 4 is 5.91 Å². The summed E-state index contributed by atoms with van der Waals surface area (Å²) in [5, 5.41) is 3.17. The van der Waals surface area contributed by atoms with Gasteiger partial charge in [-0.25, -0.2) is 0 Å². The van der Waals surface area contributed by atoms with Gasteiger partial charge in [-0.3, -0.25) is 4.79 Å². The number of carbonyl (C=O) groups is 1. The summed E-state index contributed by atoms with van der Waals surface area (Å²) in [5.74, 6) is 0.746. The highest BCUT2D eigenvalue weighted by Gasteiger charge is 2.34. The van der Waals surface area contributed by atoms with E-state index in [1.54, 1.807) is 0 Å². The quantitative estimate of drug-likeness (QED) is 0.877. The first-order chi connectivity index (χ1) is 9.04. The predicted molar refractivity (Wildman–Crippen MR) is 78.1 cm³/mol. The van der Waals surface area contributed by atoms with Crippen LogP contribution in [-0.4, -0.2) is 18.0 Å². The summed E-state index contributed by atoms with van der Waals surface area (Å²) in [6.07, 6.45) is 4.27. The molecule has 2 rings (SSSR count). The van der Waals surface area contributed by atoms with Crippen LogP contribution in [0.25, 0.3) is 0 Å². The molecule has 3 N–H and O–H groups in total. The summed E-state index contributed by atoms with van der Waals surface area (Å²) in [7, 11) is 0. The molecule has 3 nitrogen and oxygen atoms in total. The van der Waals surface area contributed by atoms with E-state index in [-0.39, 0.29) is 11.4 Å². The van der Waals surface area contributed by atoms with Gasteiger partial charge in [0.2, 0.25) is 0 Å². The van der Waals surface area contributed by atoms with Crippen LogP contribution in [0.3, 0.4) is 0 Å². The van der Waals surface area contributed by atoms with Gasteiger partial charge in [0.15, 0.2) is 0 Å². The summed E-state index contributed by atoms with van der Waals surface area (Å²) in [5.41, 5.74) is 7.60. The van der Waals surface area contributed by atoms with Crippen molar-refractivity contribution in [1.82, 2.24) is 5.32 Å². The summed E-state index contributed by atoms with van der Waals surface area (Å²) in [4.78, 5) is 12.3. The van der Waals surface area contributed by atoms with Crippen molar-refractivity contribution in [3.8, 4) is 0 Å². The Kier molecular flexibility index (Phi) is 4.25. The van der Waals surface area contributed by atoms with Crippen molar-refractivity contribution in [2.24, 2.45) is 11.7 Å². The molecule has 1 fully saturated rings. The average Bonchev–Trinajstić information content (AvgIpc) is 2.42. The van der Waals surface area contributed by atoms with E-state index in [0.29, 0.717) is 6.54 Å². The van der Waals surface area contributed by atoms with Crippen LogP contribution in [0.4, 0.5) is 0 Å². The van der Waals surface area contributed by atoms with Crippen LogP contribution in [0.2, 0.25) is 0 Å². The van der Waals surface area contributed by atoms with Gasteiger partial charge in [-0.2, -0.15) is 0 Å². The molecule has 1 aliphatic carbocycles. The third kappa shape index (κ3) is 3.35. The SMILES string of the molecule is Cc1ccc(C(=O)NC2(CN)CCC(C)CC2)cc1. The van der Waals surface area contributed by atoms with E-state index in [0.717, 1.165) is 42.7 Å². The van der Waals surface area contributed by atoms with Crippen LogP contribution in [0, 0.1) is 12.8 Å². The van der Waals surface area contributed by atoms with Gasteiger partial charge in [-0.1, -0.05) is 24.6 Å². The highest BCUT2D eigenvalue weighted by Crippen LogP contribution is 2.31. The molecule has 0 atom stereocenters. The van der Waals surface area contributed by atoms with Crippen molar-refractivity contribution in [3.63, 3.8) is 0 Å². The zero-order valence-corrected chi connectivity index (χ0v) is 11.9. The Balaban J connectivity index is 2.06. The minimum atomic E-state index is -0.200. The maximum atomic E-state index is 12.3. The molecular weight excluding hydrogens is 236 g/mol. The van der Waals surface area contributed by atoms with Gasteiger partial charge in [0.25, 0.3) is 5.91 Å². The Bertz CT molecular complexity index is 431. The van der Waals surface area contributed by atoms with E-state index in [1.165, 1.54) is 0 Å². The number of rotatable bonds is 3. The molecule has 0 unspecified atom stereocenters. The molecule has 0 radical (unpaired) electrons. The van der Waals surface area contributed by atoms with E-state index in [9.17, 15) is 4.79 Å². The molecule has 104 valence electrons. The van der Waals surface area contributed by atoms with Gasteiger partial charge in [0.05, 0.1) is 5.54 Å². The van der Waals surface area contributed by atoms with Crippen molar-refractivity contribution in [3.05, 3.63) is 35.4 Å². The fourth-order valence-corrected chi connectivity index (χ4v) is 2.71. The van der Waals surface area contributed by atoms with Gasteiger partial charge in [-0.15, -0.1) is 0 Å². The Morgan fingerprint density at radius 1 is 1.32 bits per heavy atom. The van der Waals surface area contributed by atoms with Crippen LogP contribution >= 0.6 is 0 Å². The van der Waals surface area contributed by atoms with Gasteiger partial charge >= 0.3 is 0 Å². The highest BCUT2D eigenvalue weighted by molar-refractivity contribution is 5.94. The van der Waals surface area contributed by atoms with E-state index >= 15 is 0 Å². The van der Waals surface area contributed by atoms with Crippen LogP contribution in [0.5, 0.6) is 0 Å². The van der Waals surface area contributed by atoms with Crippen molar-refractivity contribution in [2.45, 2.75) is 45.1 Å². The first-order valence-corrected chi connectivity index (χ1v) is 7.14. The first-order valence-electron chi connectivity index (χ1n) is 7.14. The second-order valence-electron chi connectivity index (χ2n) is 5.99. The molecular formula is C16H24N2O. The lowest BCUT2D eigenvalue weighted by Crippen LogP contribution is -2.55. The van der Waals surface area contributed by atoms with Crippen molar-refractivity contribution in [2.75, 3.05) is 6.54 Å². The monoisotopic (exact) mass is 260 g/mol. The molecule has 1 aliphatic rings. The number of amides is 1. The molecule has 1 saturated carbocycles. The number of nitrogens with two attached hydrogens (primary N) is 1. The van der Waals surface area contributed by atoms with Crippen LogP contribution < -0.4 is 11.1 Å². The summed E-state index contributed by atoms with van der Waals surface area (Å²) >= 11 is 0. The number of hydrogen-bond donors (Lipinski definition) is 2. The number of hydrogen-bond acceptors (Lipinski definition) is 2. The molecule has 19 heavy (non-hydrogen) atoms. The second-order valence-corrected chi connectivity index (χ2v) is 5.99. The van der Waals surface area contributed by atoms with Gasteiger partial charge < -0.3 is 11.1 Å². The fraction of sp³-hybridized carbons (Fsp3) is 0.562. The predicted octanol–water partition coefficient (Wildman–Crippen LogP) is 2.63. The Morgan fingerprint density at radius 2 is 1.89 bits per heavy atom. The highest BCUT2D eigenvalue weighted by atomic mass is 16.1. The molecule has 0 aromatic heterocycles. The van der Waals surface area contributed by atoms with Crippen LogP contribution in [0.1, 0.15) is 48.5 Å². The molecule has 1 amide bonds. The van der Waals surface area contributed by atoms with E-state index in [1.807, 2.05) is 31.2 Å². The minimum Gasteiger partial charge on any atom is -0.345 e. The maximum absolute atomic E-state index is 12.3. The molecule has 0 bridgehead atoms. The molecule has 1 aromatic carbocycles. The smallest absolute Gasteiger partial charge is 0.251 e. The maximum Gasteiger partial charge on any atom is 0.251 e. The zero-order valence-electron chi connectivity index (χ0n) is 11.9. The Morgan fingerprint density at radius 3 is 2.42 bits per heavy atom. The topological polar surface area (TPSA) is 55.1 Å². The van der Waals surface area contributed by atoms with Crippen molar-refractivity contribution < 1.29 is 4.79 Å². The Labute approximate surface area is 115 Å². The molecule has 1 aromatic rings. The molecule has 3 heteroatoms. The second kappa shape index (κ2) is 5.74. The zero-order chi connectivity index (χ0) is 13.9. The van der Waals surface area contributed by atoms with E-state index < -0.39 is 0 Å². The average molecular weight is 260 g/mol. The lowest BCUT2D eigenvalue weighted by atomic mass is 9.77. The number of benzene rings is 1. The summed E-state index contributed by atoms with van der Waals surface area (Å²) < 4.78 is 0. The van der Waals surface area contributed by atoms with Crippen LogP contribution in [0.15, 0.2) is 24.3 Å². The van der Waals surface area contributed by atoms with Gasteiger partial charge in [0.1, 0.15) is 0 Å². The largest absolute Gasteiger partial charge is 0.345 e. The lowest BCUT2D eigenvalue weighted by molar-refractivity contribution is 0.0860. The normalized spacial score (nSPS) is 27.0. The van der Waals surface area contributed by atoms with Gasteiger partial charge in [-0.05, 0) is 50.7 Å².